The quantitative estimate of drug-likeness (QED) is 0.685. The van der Waals surface area contributed by atoms with Crippen molar-refractivity contribution in [2.24, 2.45) is 5.92 Å². The van der Waals surface area contributed by atoms with Crippen LogP contribution in [0.15, 0.2) is 18.2 Å². The third-order valence-corrected chi connectivity index (χ3v) is 2.68. The number of ether oxygens (including phenoxy) is 1. The summed E-state index contributed by atoms with van der Waals surface area (Å²) in [5, 5.41) is 0. The number of hydrogen-bond acceptors (Lipinski definition) is 1. The van der Waals surface area contributed by atoms with Gasteiger partial charge in [-0.1, -0.05) is 19.9 Å². The van der Waals surface area contributed by atoms with Gasteiger partial charge in [0.1, 0.15) is 5.75 Å². The molecule has 0 radical (unpaired) electrons. The normalized spacial score (nSPS) is 11.9. The molecule has 86 valence electrons. The summed E-state index contributed by atoms with van der Waals surface area (Å²) < 4.78 is 5.49. The van der Waals surface area contributed by atoms with Crippen molar-refractivity contribution in [1.29, 1.82) is 0 Å². The molecule has 0 saturated carbocycles. The van der Waals surface area contributed by atoms with Crippen molar-refractivity contribution < 1.29 is 4.74 Å². The van der Waals surface area contributed by atoms with Gasteiger partial charge >= 0.3 is 0 Å². The molecular weight excluding hydrogens is 196 g/mol. The predicted molar refractivity (Wildman–Crippen MR) is 68.7 cm³/mol. The van der Waals surface area contributed by atoms with Crippen LogP contribution in [0.25, 0.3) is 0 Å². The van der Waals surface area contributed by atoms with Gasteiger partial charge in [-0.2, -0.15) is 0 Å². The summed E-state index contributed by atoms with van der Waals surface area (Å²) in [7, 11) is 0. The molecule has 1 nitrogen and oxygen atoms in total. The fourth-order valence-corrected chi connectivity index (χ4v) is 1.78. The minimum atomic E-state index is 0.295. The number of rotatable bonds is 5. The van der Waals surface area contributed by atoms with Gasteiger partial charge in [-0.25, -0.2) is 0 Å². The lowest BCUT2D eigenvalue weighted by Gasteiger charge is -2.12. The molecule has 1 rings (SSSR count). The van der Waals surface area contributed by atoms with Crippen LogP contribution >= 0.6 is 0 Å². The summed E-state index contributed by atoms with van der Waals surface area (Å²) >= 11 is 0. The fourth-order valence-electron chi connectivity index (χ4n) is 1.78. The summed E-state index contributed by atoms with van der Waals surface area (Å²) in [6, 6.07) is 6.29. The van der Waals surface area contributed by atoms with Crippen LogP contribution in [0.5, 0.6) is 5.75 Å². The first-order valence-corrected chi connectivity index (χ1v) is 5.92. The molecule has 0 heterocycles. The van der Waals surface area contributed by atoms with E-state index in [2.05, 4.69) is 31.9 Å². The van der Waals surface area contributed by atoms with E-state index in [4.69, 9.17) is 11.2 Å². The average Bonchev–Trinajstić information content (AvgIpc) is 2.31. The van der Waals surface area contributed by atoms with E-state index in [9.17, 15) is 0 Å². The third kappa shape index (κ3) is 3.31. The smallest absolute Gasteiger partial charge is 0.119 e. The van der Waals surface area contributed by atoms with Gasteiger partial charge in [-0.15, -0.1) is 12.3 Å². The standard InChI is InChI=1S/C15H20O/c1-5-12(4)10-14-8-9-15(16-7-3)11-13(14)6-2/h1,8-9,11-12H,6-7,10H2,2-4H3. The number of aryl methyl sites for hydroxylation is 1. The number of benzene rings is 1. The Morgan fingerprint density at radius 1 is 1.31 bits per heavy atom. The average molecular weight is 216 g/mol. The third-order valence-electron chi connectivity index (χ3n) is 2.68. The van der Waals surface area contributed by atoms with Gasteiger partial charge in [-0.05, 0) is 43.0 Å². The van der Waals surface area contributed by atoms with Gasteiger partial charge in [0, 0.05) is 5.92 Å². The Labute approximate surface area is 98.8 Å². The second-order valence-corrected chi connectivity index (χ2v) is 3.99. The van der Waals surface area contributed by atoms with Crippen molar-refractivity contribution in [3.63, 3.8) is 0 Å². The van der Waals surface area contributed by atoms with Crippen LogP contribution in [0.4, 0.5) is 0 Å². The van der Waals surface area contributed by atoms with Gasteiger partial charge < -0.3 is 4.74 Å². The second kappa shape index (κ2) is 6.23. The van der Waals surface area contributed by atoms with Crippen LogP contribution in [-0.2, 0) is 12.8 Å². The molecule has 0 N–H and O–H groups in total. The van der Waals surface area contributed by atoms with Crippen molar-refractivity contribution in [3.8, 4) is 18.1 Å². The van der Waals surface area contributed by atoms with Crippen molar-refractivity contribution in [2.45, 2.75) is 33.6 Å². The molecule has 1 unspecified atom stereocenters. The molecule has 0 fully saturated rings. The van der Waals surface area contributed by atoms with Crippen molar-refractivity contribution in [1.82, 2.24) is 0 Å². The first kappa shape index (κ1) is 12.6. The van der Waals surface area contributed by atoms with E-state index in [1.54, 1.807) is 0 Å². The summed E-state index contributed by atoms with van der Waals surface area (Å²) in [5.74, 6) is 4.02. The first-order chi connectivity index (χ1) is 7.71. The maximum Gasteiger partial charge on any atom is 0.119 e. The Bertz CT molecular complexity index is 374. The molecule has 0 aromatic heterocycles. The highest BCUT2D eigenvalue weighted by atomic mass is 16.5. The van der Waals surface area contributed by atoms with Crippen LogP contribution < -0.4 is 4.74 Å². The van der Waals surface area contributed by atoms with Crippen LogP contribution in [0.2, 0.25) is 0 Å². The lowest BCUT2D eigenvalue weighted by atomic mass is 9.96. The Balaban J connectivity index is 2.89. The topological polar surface area (TPSA) is 9.23 Å². The molecule has 1 aromatic rings. The van der Waals surface area contributed by atoms with E-state index in [1.165, 1.54) is 11.1 Å². The van der Waals surface area contributed by atoms with Crippen molar-refractivity contribution in [2.75, 3.05) is 6.61 Å². The van der Waals surface area contributed by atoms with E-state index in [0.29, 0.717) is 12.5 Å². The summed E-state index contributed by atoms with van der Waals surface area (Å²) in [6.45, 7) is 6.95. The van der Waals surface area contributed by atoms with Gasteiger partial charge in [0.2, 0.25) is 0 Å². The van der Waals surface area contributed by atoms with Crippen LogP contribution in [0.1, 0.15) is 31.9 Å². The highest BCUT2D eigenvalue weighted by Gasteiger charge is 2.06. The zero-order valence-electron chi connectivity index (χ0n) is 10.4. The Morgan fingerprint density at radius 2 is 2.06 bits per heavy atom. The lowest BCUT2D eigenvalue weighted by Crippen LogP contribution is -2.01. The van der Waals surface area contributed by atoms with Crippen molar-refractivity contribution in [3.05, 3.63) is 29.3 Å². The molecule has 0 saturated heterocycles. The largest absolute Gasteiger partial charge is 0.494 e. The molecule has 0 bridgehead atoms. The van der Waals surface area contributed by atoms with Crippen LogP contribution in [0, 0.1) is 18.3 Å². The molecule has 1 atom stereocenters. The van der Waals surface area contributed by atoms with E-state index in [0.717, 1.165) is 18.6 Å². The van der Waals surface area contributed by atoms with Crippen LogP contribution in [0.3, 0.4) is 0 Å². The molecule has 0 spiro atoms. The van der Waals surface area contributed by atoms with E-state index < -0.39 is 0 Å². The molecule has 1 aromatic carbocycles. The zero-order chi connectivity index (χ0) is 12.0. The lowest BCUT2D eigenvalue weighted by molar-refractivity contribution is 0.340. The van der Waals surface area contributed by atoms with Crippen molar-refractivity contribution >= 4 is 0 Å². The second-order valence-electron chi connectivity index (χ2n) is 3.99. The number of terminal acetylenes is 1. The fraction of sp³-hybridized carbons (Fsp3) is 0.467. The number of hydrogen-bond donors (Lipinski definition) is 0. The molecule has 1 heteroatoms. The molecule has 0 aliphatic heterocycles. The highest BCUT2D eigenvalue weighted by Crippen LogP contribution is 2.21. The van der Waals surface area contributed by atoms with Gasteiger partial charge in [0.25, 0.3) is 0 Å². The predicted octanol–water partition coefficient (Wildman–Crippen LogP) is 3.46. The monoisotopic (exact) mass is 216 g/mol. The maximum absolute atomic E-state index is 5.49. The summed E-state index contributed by atoms with van der Waals surface area (Å²) in [6.07, 6.45) is 7.39. The Kier molecular flexibility index (Phi) is 4.92. The van der Waals surface area contributed by atoms with Crippen LogP contribution in [-0.4, -0.2) is 6.61 Å². The SMILES string of the molecule is C#CC(C)Cc1ccc(OCC)cc1CC. The molecule has 16 heavy (non-hydrogen) atoms. The molecule has 0 aliphatic carbocycles. The van der Waals surface area contributed by atoms with E-state index in [-0.39, 0.29) is 0 Å². The highest BCUT2D eigenvalue weighted by molar-refractivity contribution is 5.36. The van der Waals surface area contributed by atoms with E-state index >= 15 is 0 Å². The summed E-state index contributed by atoms with van der Waals surface area (Å²) in [5.41, 5.74) is 2.68. The van der Waals surface area contributed by atoms with Gasteiger partial charge in [0.05, 0.1) is 6.61 Å². The first-order valence-electron chi connectivity index (χ1n) is 5.92. The summed E-state index contributed by atoms with van der Waals surface area (Å²) in [4.78, 5) is 0. The minimum absolute atomic E-state index is 0.295. The van der Waals surface area contributed by atoms with E-state index in [1.807, 2.05) is 13.0 Å². The maximum atomic E-state index is 5.49. The van der Waals surface area contributed by atoms with Gasteiger partial charge in [-0.3, -0.25) is 0 Å². The zero-order valence-corrected chi connectivity index (χ0v) is 10.4. The Morgan fingerprint density at radius 3 is 2.62 bits per heavy atom. The minimum Gasteiger partial charge on any atom is -0.494 e. The Hall–Kier alpha value is -1.42. The molecular formula is C15H20O. The van der Waals surface area contributed by atoms with Gasteiger partial charge in [0.15, 0.2) is 0 Å². The molecule has 0 amide bonds. The molecule has 0 aliphatic rings.